The SMILES string of the molecule is CC(=O)C(NC=O)C(C)C.CC1CCCN1C(=O)CN.O=c1[nH]c2ccc(F)cc2[nH]c1=O. The number of halogens is 1. The van der Waals surface area contributed by atoms with Crippen molar-refractivity contribution < 1.29 is 18.8 Å². The molecule has 0 saturated carbocycles. The Kier molecular flexibility index (Phi) is 11.1. The van der Waals surface area contributed by atoms with Crippen LogP contribution >= 0.6 is 0 Å². The van der Waals surface area contributed by atoms with Gasteiger partial charge in [-0.25, -0.2) is 4.39 Å². The minimum Gasteiger partial charge on any atom is -0.349 e. The number of nitrogens with two attached hydrogens (primary N) is 1. The molecule has 1 aromatic carbocycles. The lowest BCUT2D eigenvalue weighted by Crippen LogP contribution is -2.38. The second-order valence-corrected chi connectivity index (χ2v) is 8.00. The van der Waals surface area contributed by atoms with Gasteiger partial charge in [-0.15, -0.1) is 0 Å². The van der Waals surface area contributed by atoms with Crippen LogP contribution in [0.1, 0.15) is 40.5 Å². The summed E-state index contributed by atoms with van der Waals surface area (Å²) in [6, 6.07) is 3.83. The molecule has 0 aliphatic carbocycles. The Morgan fingerprint density at radius 1 is 1.24 bits per heavy atom. The third kappa shape index (κ3) is 8.60. The Balaban J connectivity index is 0.000000252. The molecule has 0 radical (unpaired) electrons. The molecule has 2 heterocycles. The topological polar surface area (TPSA) is 158 Å². The van der Waals surface area contributed by atoms with Crippen molar-refractivity contribution in [2.45, 2.75) is 52.6 Å². The monoisotopic (exact) mass is 465 g/mol. The number of aromatic nitrogens is 2. The second-order valence-electron chi connectivity index (χ2n) is 8.00. The number of amides is 2. The van der Waals surface area contributed by atoms with Crippen LogP contribution in [0.15, 0.2) is 27.8 Å². The van der Waals surface area contributed by atoms with E-state index in [0.29, 0.717) is 18.0 Å². The Morgan fingerprint density at radius 2 is 1.85 bits per heavy atom. The fourth-order valence-corrected chi connectivity index (χ4v) is 3.36. The van der Waals surface area contributed by atoms with Crippen LogP contribution in [0.25, 0.3) is 11.0 Å². The summed E-state index contributed by atoms with van der Waals surface area (Å²) in [6.07, 6.45) is 2.82. The van der Waals surface area contributed by atoms with E-state index >= 15 is 0 Å². The average Bonchev–Trinajstić information content (AvgIpc) is 3.19. The third-order valence-electron chi connectivity index (χ3n) is 5.08. The first-order chi connectivity index (χ1) is 15.5. The maximum atomic E-state index is 12.7. The number of ketones is 1. The first-order valence-corrected chi connectivity index (χ1v) is 10.6. The first kappa shape index (κ1) is 27.7. The summed E-state index contributed by atoms with van der Waals surface area (Å²) in [5.74, 6) is -0.204. The van der Waals surface area contributed by atoms with Crippen molar-refractivity contribution in [3.8, 4) is 0 Å². The van der Waals surface area contributed by atoms with Crippen LogP contribution in [-0.4, -0.2) is 58.1 Å². The van der Waals surface area contributed by atoms with Gasteiger partial charge in [0.2, 0.25) is 12.3 Å². The molecule has 0 spiro atoms. The predicted octanol–water partition coefficient (Wildman–Crippen LogP) is 0.658. The van der Waals surface area contributed by atoms with E-state index < -0.39 is 16.9 Å². The Morgan fingerprint density at radius 3 is 2.27 bits per heavy atom. The molecule has 2 atom stereocenters. The molecule has 2 unspecified atom stereocenters. The van der Waals surface area contributed by atoms with Crippen LogP contribution in [0.5, 0.6) is 0 Å². The number of H-pyrrole nitrogens is 2. The molecule has 11 heteroatoms. The molecule has 33 heavy (non-hydrogen) atoms. The van der Waals surface area contributed by atoms with Crippen LogP contribution in [-0.2, 0) is 14.4 Å². The number of carbonyl (C=O) groups is 3. The van der Waals surface area contributed by atoms with Gasteiger partial charge in [0, 0.05) is 12.6 Å². The molecular weight excluding hydrogens is 433 g/mol. The normalized spacial score (nSPS) is 15.7. The number of benzene rings is 1. The molecule has 182 valence electrons. The van der Waals surface area contributed by atoms with E-state index in [9.17, 15) is 28.4 Å². The van der Waals surface area contributed by atoms with Crippen LogP contribution < -0.4 is 22.2 Å². The fraction of sp³-hybridized carbons (Fsp3) is 0.500. The number of fused-ring (bicyclic) bond motifs is 1. The Hall–Kier alpha value is -3.34. The number of carbonyl (C=O) groups excluding carboxylic acids is 3. The standard InChI is InChI=1S/C8H5FN2O2.C7H14N2O.C7H13NO2/c9-4-1-2-5-6(3-4)11-8(13)7(12)10-5;1-6-3-2-4-9(6)7(10)5-8;1-5(2)7(6(3)10)8-4-9/h1-3H,(H,10,12)(H,11,13);6H,2-5,8H2,1H3;4-5,7H,1-3H3,(H,8,9). The van der Waals surface area contributed by atoms with Crippen LogP contribution in [0.2, 0.25) is 0 Å². The van der Waals surface area contributed by atoms with Crippen molar-refractivity contribution in [2.24, 2.45) is 11.7 Å². The van der Waals surface area contributed by atoms with Gasteiger partial charge in [-0.05, 0) is 50.8 Å². The van der Waals surface area contributed by atoms with Crippen molar-refractivity contribution in [3.63, 3.8) is 0 Å². The van der Waals surface area contributed by atoms with Crippen molar-refractivity contribution >= 4 is 29.1 Å². The number of Topliss-reactive ketones (excluding diaryl/α,β-unsaturated/α-hetero) is 1. The van der Waals surface area contributed by atoms with Crippen LogP contribution in [0.4, 0.5) is 4.39 Å². The van der Waals surface area contributed by atoms with Gasteiger partial charge in [-0.3, -0.25) is 24.0 Å². The van der Waals surface area contributed by atoms with Crippen molar-refractivity contribution in [2.75, 3.05) is 13.1 Å². The highest BCUT2D eigenvalue weighted by molar-refractivity contribution is 5.83. The molecule has 1 aliphatic rings. The summed E-state index contributed by atoms with van der Waals surface area (Å²) in [4.78, 5) is 59.8. The molecule has 1 fully saturated rings. The molecule has 1 aliphatic heterocycles. The highest BCUT2D eigenvalue weighted by Crippen LogP contribution is 2.15. The van der Waals surface area contributed by atoms with Gasteiger partial charge in [-0.1, -0.05) is 13.8 Å². The average molecular weight is 466 g/mol. The molecule has 0 bridgehead atoms. The molecule has 2 amide bonds. The lowest BCUT2D eigenvalue weighted by molar-refractivity contribution is -0.130. The van der Waals surface area contributed by atoms with E-state index in [4.69, 9.17) is 5.73 Å². The van der Waals surface area contributed by atoms with Gasteiger partial charge in [0.1, 0.15) is 5.82 Å². The van der Waals surface area contributed by atoms with Crippen molar-refractivity contribution in [1.29, 1.82) is 0 Å². The van der Waals surface area contributed by atoms with Gasteiger partial charge in [0.25, 0.3) is 0 Å². The Labute approximate surface area is 190 Å². The molecule has 10 nitrogen and oxygen atoms in total. The third-order valence-corrected chi connectivity index (χ3v) is 5.08. The van der Waals surface area contributed by atoms with E-state index in [1.54, 1.807) is 0 Å². The lowest BCUT2D eigenvalue weighted by Gasteiger charge is -2.19. The molecule has 1 aromatic heterocycles. The minimum atomic E-state index is -0.780. The number of hydrogen-bond donors (Lipinski definition) is 4. The minimum absolute atomic E-state index is 0.00194. The molecule has 3 rings (SSSR count). The molecule has 5 N–H and O–H groups in total. The highest BCUT2D eigenvalue weighted by Gasteiger charge is 2.23. The van der Waals surface area contributed by atoms with Gasteiger partial charge in [0.05, 0.1) is 23.6 Å². The van der Waals surface area contributed by atoms with Crippen molar-refractivity contribution in [3.05, 3.63) is 44.7 Å². The number of nitrogens with one attached hydrogen (secondary N) is 3. The molecule has 2 aromatic rings. The van der Waals surface area contributed by atoms with Gasteiger partial charge >= 0.3 is 11.1 Å². The number of rotatable bonds is 5. The van der Waals surface area contributed by atoms with E-state index in [0.717, 1.165) is 25.5 Å². The van der Waals surface area contributed by atoms with E-state index in [-0.39, 0.29) is 35.7 Å². The van der Waals surface area contributed by atoms with E-state index in [1.807, 2.05) is 18.7 Å². The fourth-order valence-electron chi connectivity index (χ4n) is 3.36. The van der Waals surface area contributed by atoms with E-state index in [2.05, 4.69) is 22.2 Å². The smallest absolute Gasteiger partial charge is 0.314 e. The largest absolute Gasteiger partial charge is 0.349 e. The van der Waals surface area contributed by atoms with Gasteiger partial charge in [-0.2, -0.15) is 0 Å². The summed E-state index contributed by atoms with van der Waals surface area (Å²) < 4.78 is 12.7. The summed E-state index contributed by atoms with van der Waals surface area (Å²) in [5, 5.41) is 2.45. The maximum Gasteiger partial charge on any atom is 0.314 e. The number of nitrogens with zero attached hydrogens (tertiary/aromatic N) is 1. The van der Waals surface area contributed by atoms with Crippen molar-refractivity contribution in [1.82, 2.24) is 20.2 Å². The zero-order chi connectivity index (χ0) is 25.1. The lowest BCUT2D eigenvalue weighted by atomic mass is 10.0. The summed E-state index contributed by atoms with van der Waals surface area (Å²) >= 11 is 0. The predicted molar refractivity (Wildman–Crippen MR) is 123 cm³/mol. The first-order valence-electron chi connectivity index (χ1n) is 10.6. The van der Waals surface area contributed by atoms with Gasteiger partial charge in [0.15, 0.2) is 5.78 Å². The Bertz CT molecular complexity index is 1070. The summed E-state index contributed by atoms with van der Waals surface area (Å²) in [6.45, 7) is 8.38. The molecule has 1 saturated heterocycles. The molecular formula is C22H32FN5O5. The van der Waals surface area contributed by atoms with E-state index in [1.165, 1.54) is 19.1 Å². The zero-order valence-corrected chi connectivity index (χ0v) is 19.3. The van der Waals surface area contributed by atoms with Crippen LogP contribution in [0.3, 0.4) is 0 Å². The second kappa shape index (κ2) is 13.3. The van der Waals surface area contributed by atoms with Gasteiger partial charge < -0.3 is 25.9 Å². The highest BCUT2D eigenvalue weighted by atomic mass is 19.1. The maximum absolute atomic E-state index is 12.7. The van der Waals surface area contributed by atoms with Crippen LogP contribution in [0, 0.1) is 11.7 Å². The summed E-state index contributed by atoms with van der Waals surface area (Å²) in [7, 11) is 0. The number of likely N-dealkylation sites (tertiary alicyclic amines) is 1. The number of aromatic amines is 2. The quantitative estimate of drug-likeness (QED) is 0.375. The zero-order valence-electron chi connectivity index (χ0n) is 19.3. The number of hydrogen-bond acceptors (Lipinski definition) is 6. The summed E-state index contributed by atoms with van der Waals surface area (Å²) in [5.41, 5.74) is 4.40.